The number of rotatable bonds is 6. The zero-order valence-electron chi connectivity index (χ0n) is 15.8. The molecule has 0 amide bonds. The summed E-state index contributed by atoms with van der Waals surface area (Å²) in [6.07, 6.45) is 0. The third-order valence-corrected chi connectivity index (χ3v) is 4.48. The fraction of sp³-hybridized carbons (Fsp3) is 0.130. The first kappa shape index (κ1) is 18.5. The molecule has 0 saturated heterocycles. The van der Waals surface area contributed by atoms with Crippen LogP contribution in [0.25, 0.3) is 22.4 Å². The van der Waals surface area contributed by atoms with E-state index in [9.17, 15) is 9.65 Å². The molecule has 0 aliphatic carbocycles. The molecule has 4 aromatic rings. The minimum Gasteiger partial charge on any atom is -0.490 e. The highest BCUT2D eigenvalue weighted by Crippen LogP contribution is 2.33. The first-order valence-corrected chi connectivity index (χ1v) is 9.21. The van der Waals surface area contributed by atoms with E-state index in [1.165, 1.54) is 12.1 Å². The largest absolute Gasteiger partial charge is 0.490 e. The molecule has 0 fully saturated rings. The normalized spacial score (nSPS) is 10.7. The van der Waals surface area contributed by atoms with Crippen molar-refractivity contribution in [2.24, 2.45) is 0 Å². The van der Waals surface area contributed by atoms with E-state index in [1.807, 2.05) is 43.3 Å². The van der Waals surface area contributed by atoms with Crippen LogP contribution in [0.4, 0.5) is 4.39 Å². The molecule has 0 aliphatic rings. The maximum Gasteiger partial charge on any atom is 0.161 e. The molecule has 1 heterocycles. The van der Waals surface area contributed by atoms with Crippen LogP contribution in [0.2, 0.25) is 0 Å². The van der Waals surface area contributed by atoms with E-state index in [2.05, 4.69) is 16.0 Å². The SMILES string of the molecule is CCOc1cc(-c2nc3ccc(F)cc3[nH]2)ccc1OCc1ccccc1C#N. The second-order valence-corrected chi connectivity index (χ2v) is 6.40. The first-order valence-electron chi connectivity index (χ1n) is 9.21. The van der Waals surface area contributed by atoms with E-state index in [0.29, 0.717) is 40.5 Å². The fourth-order valence-corrected chi connectivity index (χ4v) is 3.07. The Hall–Kier alpha value is -3.85. The van der Waals surface area contributed by atoms with Crippen LogP contribution >= 0.6 is 0 Å². The van der Waals surface area contributed by atoms with Gasteiger partial charge < -0.3 is 14.5 Å². The van der Waals surface area contributed by atoms with E-state index < -0.39 is 0 Å². The summed E-state index contributed by atoms with van der Waals surface area (Å²) in [5.41, 5.74) is 3.51. The average Bonchev–Trinajstić information content (AvgIpc) is 3.16. The van der Waals surface area contributed by atoms with Crippen molar-refractivity contribution in [1.82, 2.24) is 9.97 Å². The van der Waals surface area contributed by atoms with E-state index >= 15 is 0 Å². The highest BCUT2D eigenvalue weighted by molar-refractivity contribution is 5.79. The zero-order valence-corrected chi connectivity index (χ0v) is 15.8. The lowest BCUT2D eigenvalue weighted by Gasteiger charge is -2.13. The Kier molecular flexibility index (Phi) is 5.12. The van der Waals surface area contributed by atoms with Crippen LogP contribution in [0.3, 0.4) is 0 Å². The van der Waals surface area contributed by atoms with Crippen LogP contribution in [0.1, 0.15) is 18.1 Å². The number of nitriles is 1. The van der Waals surface area contributed by atoms with Crippen molar-refractivity contribution < 1.29 is 13.9 Å². The molecule has 0 radical (unpaired) electrons. The summed E-state index contributed by atoms with van der Waals surface area (Å²) < 4.78 is 25.1. The van der Waals surface area contributed by atoms with Crippen LogP contribution in [0.15, 0.2) is 60.7 Å². The number of aromatic nitrogens is 2. The Balaban J connectivity index is 1.63. The van der Waals surface area contributed by atoms with Gasteiger partial charge in [0.05, 0.1) is 29.3 Å². The van der Waals surface area contributed by atoms with Crippen molar-refractivity contribution in [1.29, 1.82) is 5.26 Å². The quantitative estimate of drug-likeness (QED) is 0.492. The van der Waals surface area contributed by atoms with E-state index in [4.69, 9.17) is 9.47 Å². The van der Waals surface area contributed by atoms with Gasteiger partial charge in [-0.15, -0.1) is 0 Å². The fourth-order valence-electron chi connectivity index (χ4n) is 3.07. The van der Waals surface area contributed by atoms with Crippen LogP contribution in [0, 0.1) is 17.1 Å². The molecular weight excluding hydrogens is 369 g/mol. The van der Waals surface area contributed by atoms with Gasteiger partial charge in [0.25, 0.3) is 0 Å². The summed E-state index contributed by atoms with van der Waals surface area (Å²) in [6.45, 7) is 2.62. The number of aromatic amines is 1. The lowest BCUT2D eigenvalue weighted by atomic mass is 10.1. The molecule has 1 aromatic heterocycles. The summed E-state index contributed by atoms with van der Waals surface area (Å²) in [5.74, 6) is 1.45. The molecule has 144 valence electrons. The monoisotopic (exact) mass is 387 g/mol. The maximum absolute atomic E-state index is 13.4. The molecule has 29 heavy (non-hydrogen) atoms. The number of nitrogens with one attached hydrogen (secondary N) is 1. The van der Waals surface area contributed by atoms with Gasteiger partial charge in [-0.2, -0.15) is 5.26 Å². The lowest BCUT2D eigenvalue weighted by molar-refractivity contribution is 0.269. The number of benzene rings is 3. The van der Waals surface area contributed by atoms with Gasteiger partial charge >= 0.3 is 0 Å². The average molecular weight is 387 g/mol. The van der Waals surface area contributed by atoms with Gasteiger partial charge in [0.15, 0.2) is 11.5 Å². The molecule has 1 N–H and O–H groups in total. The van der Waals surface area contributed by atoms with Crippen molar-refractivity contribution in [3.8, 4) is 29.0 Å². The minimum atomic E-state index is -0.316. The van der Waals surface area contributed by atoms with Crippen molar-refractivity contribution in [2.75, 3.05) is 6.61 Å². The topological polar surface area (TPSA) is 70.9 Å². The van der Waals surface area contributed by atoms with Crippen LogP contribution < -0.4 is 9.47 Å². The van der Waals surface area contributed by atoms with Crippen LogP contribution in [0.5, 0.6) is 11.5 Å². The molecule has 0 atom stereocenters. The number of H-pyrrole nitrogens is 1. The maximum atomic E-state index is 13.4. The van der Waals surface area contributed by atoms with E-state index in [-0.39, 0.29) is 12.4 Å². The second kappa shape index (κ2) is 8.03. The van der Waals surface area contributed by atoms with Gasteiger partial charge in [-0.3, -0.25) is 0 Å². The number of fused-ring (bicyclic) bond motifs is 1. The Morgan fingerprint density at radius 3 is 2.72 bits per heavy atom. The summed E-state index contributed by atoms with van der Waals surface area (Å²) in [5, 5.41) is 9.23. The van der Waals surface area contributed by atoms with Gasteiger partial charge in [-0.05, 0) is 49.4 Å². The Morgan fingerprint density at radius 2 is 1.90 bits per heavy atom. The summed E-state index contributed by atoms with van der Waals surface area (Å²) >= 11 is 0. The Labute approximate surface area is 167 Å². The Bertz CT molecular complexity index is 1210. The molecule has 5 nitrogen and oxygen atoms in total. The third kappa shape index (κ3) is 3.90. The second-order valence-electron chi connectivity index (χ2n) is 6.40. The lowest BCUT2D eigenvalue weighted by Crippen LogP contribution is -2.01. The standard InChI is InChI=1S/C23H18FN3O2/c1-2-28-22-11-15(23-26-19-9-8-18(24)12-20(19)27-23)7-10-21(22)29-14-17-6-4-3-5-16(17)13-25/h3-12H,2,14H2,1H3,(H,26,27). The van der Waals surface area contributed by atoms with Gasteiger partial charge in [0.1, 0.15) is 18.2 Å². The third-order valence-electron chi connectivity index (χ3n) is 4.48. The Morgan fingerprint density at radius 1 is 1.03 bits per heavy atom. The zero-order chi connectivity index (χ0) is 20.2. The molecule has 0 unspecified atom stereocenters. The highest BCUT2D eigenvalue weighted by atomic mass is 19.1. The smallest absolute Gasteiger partial charge is 0.161 e. The van der Waals surface area contributed by atoms with Gasteiger partial charge in [0.2, 0.25) is 0 Å². The van der Waals surface area contributed by atoms with Crippen LogP contribution in [-0.2, 0) is 6.61 Å². The molecule has 0 spiro atoms. The summed E-state index contributed by atoms with van der Waals surface area (Å²) in [4.78, 5) is 7.65. The van der Waals surface area contributed by atoms with Gasteiger partial charge in [0, 0.05) is 11.1 Å². The molecule has 0 saturated carbocycles. The van der Waals surface area contributed by atoms with Gasteiger partial charge in [-0.25, -0.2) is 9.37 Å². The van der Waals surface area contributed by atoms with Crippen LogP contribution in [-0.4, -0.2) is 16.6 Å². The number of hydrogen-bond donors (Lipinski definition) is 1. The molecule has 4 rings (SSSR count). The molecule has 0 aliphatic heterocycles. The minimum absolute atomic E-state index is 0.257. The first-order chi connectivity index (χ1) is 14.2. The number of imidazole rings is 1. The number of ether oxygens (including phenoxy) is 2. The molecule has 6 heteroatoms. The highest BCUT2D eigenvalue weighted by Gasteiger charge is 2.12. The van der Waals surface area contributed by atoms with Crippen molar-refractivity contribution in [2.45, 2.75) is 13.5 Å². The summed E-state index contributed by atoms with van der Waals surface area (Å²) in [7, 11) is 0. The van der Waals surface area contributed by atoms with E-state index in [1.54, 1.807) is 12.1 Å². The molecule has 3 aromatic carbocycles. The van der Waals surface area contributed by atoms with E-state index in [0.717, 1.165) is 11.1 Å². The summed E-state index contributed by atoms with van der Waals surface area (Å²) in [6, 6.07) is 19.4. The van der Waals surface area contributed by atoms with Crippen molar-refractivity contribution in [3.05, 3.63) is 77.6 Å². The van der Waals surface area contributed by atoms with Crippen molar-refractivity contribution in [3.63, 3.8) is 0 Å². The van der Waals surface area contributed by atoms with Crippen molar-refractivity contribution >= 4 is 11.0 Å². The van der Waals surface area contributed by atoms with Gasteiger partial charge in [-0.1, -0.05) is 18.2 Å². The predicted molar refractivity (Wildman–Crippen MR) is 108 cm³/mol. The number of hydrogen-bond acceptors (Lipinski definition) is 4. The predicted octanol–water partition coefficient (Wildman–Crippen LogP) is 5.22. The number of nitrogens with zero attached hydrogens (tertiary/aromatic N) is 2. The number of halogens is 1. The molecule has 0 bridgehead atoms. The molecular formula is C23H18FN3O2.